The van der Waals surface area contributed by atoms with Crippen LogP contribution in [0.3, 0.4) is 0 Å². The van der Waals surface area contributed by atoms with Gasteiger partial charge in [0.25, 0.3) is 0 Å². The van der Waals surface area contributed by atoms with Crippen LogP contribution in [0.15, 0.2) is 59.6 Å². The number of rotatable bonds is 9. The number of aliphatic imine (C=N–C) groups is 1. The smallest absolute Gasteiger partial charge is 0.190 e. The largest absolute Gasteiger partial charge is 0.497 e. The second-order valence-electron chi connectivity index (χ2n) is 8.10. The number of hydrogen-bond acceptors (Lipinski definition) is 4. The van der Waals surface area contributed by atoms with Crippen LogP contribution in [0.1, 0.15) is 23.6 Å². The van der Waals surface area contributed by atoms with Gasteiger partial charge in [-0.15, -0.1) is 0 Å². The Kier molecular flexibility index (Phi) is 9.18. The van der Waals surface area contributed by atoms with Gasteiger partial charge in [0, 0.05) is 52.4 Å². The summed E-state index contributed by atoms with van der Waals surface area (Å²) in [5, 5.41) is 6.87. The Hall–Kier alpha value is -2.57. The lowest BCUT2D eigenvalue weighted by molar-refractivity contribution is 0.0891. The number of ether oxygens (including phenoxy) is 1. The SMILES string of the molecule is CN=C(NCCCN1CCN(C)CC1c1ccccc1)NCCc1ccc(OC)cc1. The van der Waals surface area contributed by atoms with Crippen LogP contribution >= 0.6 is 0 Å². The maximum atomic E-state index is 5.21. The molecule has 1 aliphatic rings. The van der Waals surface area contributed by atoms with Crippen LogP contribution in [0, 0.1) is 0 Å². The van der Waals surface area contributed by atoms with Crippen molar-refractivity contribution in [2.45, 2.75) is 18.9 Å². The normalized spacial score (nSPS) is 18.0. The Morgan fingerprint density at radius 1 is 1.03 bits per heavy atom. The molecule has 0 amide bonds. The van der Waals surface area contributed by atoms with Gasteiger partial charge in [-0.2, -0.15) is 0 Å². The summed E-state index contributed by atoms with van der Waals surface area (Å²) < 4.78 is 5.21. The highest BCUT2D eigenvalue weighted by molar-refractivity contribution is 5.79. The van der Waals surface area contributed by atoms with Gasteiger partial charge in [0.15, 0.2) is 5.96 Å². The van der Waals surface area contributed by atoms with Gasteiger partial charge in [0.2, 0.25) is 0 Å². The topological polar surface area (TPSA) is 52.1 Å². The standard InChI is InChI=1S/C25H37N5O/c1-26-25(28-16-14-21-10-12-23(31-3)13-11-21)27-15-7-17-30-19-18-29(2)20-24(30)22-8-5-4-6-9-22/h4-6,8-13,24H,7,14-20H2,1-3H3,(H2,26,27,28). The molecule has 6 nitrogen and oxygen atoms in total. The number of hydrogen-bond donors (Lipinski definition) is 2. The van der Waals surface area contributed by atoms with Crippen molar-refractivity contribution in [1.29, 1.82) is 0 Å². The summed E-state index contributed by atoms with van der Waals surface area (Å²) >= 11 is 0. The van der Waals surface area contributed by atoms with Crippen LogP contribution in [-0.4, -0.2) is 76.2 Å². The van der Waals surface area contributed by atoms with Gasteiger partial charge >= 0.3 is 0 Å². The van der Waals surface area contributed by atoms with Gasteiger partial charge in [-0.3, -0.25) is 9.89 Å². The molecule has 1 saturated heterocycles. The van der Waals surface area contributed by atoms with E-state index < -0.39 is 0 Å². The maximum Gasteiger partial charge on any atom is 0.190 e. The van der Waals surface area contributed by atoms with Crippen LogP contribution in [0.2, 0.25) is 0 Å². The Balaban J connectivity index is 1.38. The van der Waals surface area contributed by atoms with Crippen molar-refractivity contribution in [3.8, 4) is 5.75 Å². The number of likely N-dealkylation sites (N-methyl/N-ethyl adjacent to an activating group) is 1. The fourth-order valence-electron chi connectivity index (χ4n) is 4.04. The summed E-state index contributed by atoms with van der Waals surface area (Å²) in [5.74, 6) is 1.76. The number of nitrogens with zero attached hydrogens (tertiary/aromatic N) is 3. The van der Waals surface area contributed by atoms with Gasteiger partial charge in [-0.05, 0) is 43.1 Å². The van der Waals surface area contributed by atoms with E-state index in [9.17, 15) is 0 Å². The Morgan fingerprint density at radius 3 is 2.48 bits per heavy atom. The second kappa shape index (κ2) is 12.3. The fourth-order valence-corrected chi connectivity index (χ4v) is 4.04. The molecule has 2 N–H and O–H groups in total. The third kappa shape index (κ3) is 7.26. The predicted molar refractivity (Wildman–Crippen MR) is 129 cm³/mol. The monoisotopic (exact) mass is 423 g/mol. The lowest BCUT2D eigenvalue weighted by atomic mass is 10.0. The summed E-state index contributed by atoms with van der Waals surface area (Å²) in [7, 11) is 5.74. The highest BCUT2D eigenvalue weighted by Gasteiger charge is 2.25. The van der Waals surface area contributed by atoms with Crippen LogP contribution in [0.25, 0.3) is 0 Å². The van der Waals surface area contributed by atoms with Crippen molar-refractivity contribution in [3.05, 3.63) is 65.7 Å². The van der Waals surface area contributed by atoms with Gasteiger partial charge < -0.3 is 20.3 Å². The Labute approximate surface area is 187 Å². The molecule has 31 heavy (non-hydrogen) atoms. The highest BCUT2D eigenvalue weighted by Crippen LogP contribution is 2.24. The van der Waals surface area contributed by atoms with Crippen LogP contribution in [0.4, 0.5) is 0 Å². The van der Waals surface area contributed by atoms with E-state index in [1.807, 2.05) is 19.2 Å². The minimum atomic E-state index is 0.474. The zero-order valence-corrected chi connectivity index (χ0v) is 19.2. The molecule has 0 bridgehead atoms. The van der Waals surface area contributed by atoms with Gasteiger partial charge in [0.1, 0.15) is 5.75 Å². The van der Waals surface area contributed by atoms with E-state index >= 15 is 0 Å². The Bertz CT molecular complexity index is 793. The van der Waals surface area contributed by atoms with E-state index in [0.717, 1.165) is 63.8 Å². The van der Waals surface area contributed by atoms with Crippen LogP contribution < -0.4 is 15.4 Å². The first kappa shape index (κ1) is 23.1. The molecule has 6 heteroatoms. The number of guanidine groups is 1. The molecule has 1 unspecified atom stereocenters. The molecule has 0 radical (unpaired) electrons. The summed E-state index contributed by atoms with van der Waals surface area (Å²) in [5.41, 5.74) is 2.70. The zero-order valence-electron chi connectivity index (χ0n) is 19.2. The van der Waals surface area contributed by atoms with E-state index in [4.69, 9.17) is 4.74 Å². The summed E-state index contributed by atoms with van der Waals surface area (Å²) in [4.78, 5) is 9.41. The number of piperazine rings is 1. The number of nitrogens with one attached hydrogen (secondary N) is 2. The maximum absolute atomic E-state index is 5.21. The number of benzene rings is 2. The lowest BCUT2D eigenvalue weighted by Crippen LogP contribution is -2.47. The van der Waals surface area contributed by atoms with Crippen LogP contribution in [0.5, 0.6) is 5.75 Å². The molecule has 3 rings (SSSR count). The molecule has 0 saturated carbocycles. The van der Waals surface area contributed by atoms with E-state index in [2.05, 4.69) is 74.9 Å². The second-order valence-corrected chi connectivity index (χ2v) is 8.10. The average Bonchev–Trinajstić information content (AvgIpc) is 2.82. The zero-order chi connectivity index (χ0) is 21.9. The molecule has 0 spiro atoms. The number of methoxy groups -OCH3 is 1. The first-order valence-corrected chi connectivity index (χ1v) is 11.2. The molecule has 1 atom stereocenters. The minimum Gasteiger partial charge on any atom is -0.497 e. The lowest BCUT2D eigenvalue weighted by Gasteiger charge is -2.40. The molecule has 0 aromatic heterocycles. The molecule has 1 heterocycles. The van der Waals surface area contributed by atoms with Crippen molar-refractivity contribution in [2.24, 2.45) is 4.99 Å². The first-order chi connectivity index (χ1) is 15.2. The molecule has 2 aromatic carbocycles. The van der Waals surface area contributed by atoms with Gasteiger partial charge in [0.05, 0.1) is 7.11 Å². The Morgan fingerprint density at radius 2 is 1.77 bits per heavy atom. The molecule has 1 aliphatic heterocycles. The van der Waals surface area contributed by atoms with Gasteiger partial charge in [-0.25, -0.2) is 0 Å². The predicted octanol–water partition coefficient (Wildman–Crippen LogP) is 2.78. The third-order valence-electron chi connectivity index (χ3n) is 5.88. The highest BCUT2D eigenvalue weighted by atomic mass is 16.5. The van der Waals surface area contributed by atoms with E-state index in [1.54, 1.807) is 7.11 Å². The quantitative estimate of drug-likeness (QED) is 0.369. The molecule has 1 fully saturated rings. The molecular formula is C25H37N5O. The summed E-state index contributed by atoms with van der Waals surface area (Å²) in [6.07, 6.45) is 2.04. The first-order valence-electron chi connectivity index (χ1n) is 11.2. The fraction of sp³-hybridized carbons (Fsp3) is 0.480. The summed E-state index contributed by atoms with van der Waals surface area (Å²) in [6, 6.07) is 19.6. The van der Waals surface area contributed by atoms with Crippen molar-refractivity contribution in [2.75, 3.05) is 60.5 Å². The van der Waals surface area contributed by atoms with Crippen LogP contribution in [-0.2, 0) is 6.42 Å². The van der Waals surface area contributed by atoms with E-state index in [1.165, 1.54) is 11.1 Å². The van der Waals surface area contributed by atoms with E-state index in [-0.39, 0.29) is 0 Å². The molecular weight excluding hydrogens is 386 g/mol. The molecule has 0 aliphatic carbocycles. The summed E-state index contributed by atoms with van der Waals surface area (Å²) in [6.45, 7) is 6.18. The molecule has 2 aromatic rings. The average molecular weight is 424 g/mol. The van der Waals surface area contributed by atoms with Crippen molar-refractivity contribution in [3.63, 3.8) is 0 Å². The van der Waals surface area contributed by atoms with Crippen molar-refractivity contribution in [1.82, 2.24) is 20.4 Å². The van der Waals surface area contributed by atoms with Gasteiger partial charge in [-0.1, -0.05) is 42.5 Å². The molecule has 168 valence electrons. The third-order valence-corrected chi connectivity index (χ3v) is 5.88. The minimum absolute atomic E-state index is 0.474. The van der Waals surface area contributed by atoms with Crippen molar-refractivity contribution < 1.29 is 4.74 Å². The van der Waals surface area contributed by atoms with Crippen molar-refractivity contribution >= 4 is 5.96 Å². The van der Waals surface area contributed by atoms with E-state index in [0.29, 0.717) is 6.04 Å².